The highest BCUT2D eigenvalue weighted by Gasteiger charge is 2.20. The molecule has 1 aliphatic rings. The predicted octanol–water partition coefficient (Wildman–Crippen LogP) is 2.01. The summed E-state index contributed by atoms with van der Waals surface area (Å²) in [5.74, 6) is 1.14. The molecule has 1 aromatic heterocycles. The van der Waals surface area contributed by atoms with Crippen LogP contribution in [-0.4, -0.2) is 54.2 Å². The third kappa shape index (κ3) is 3.62. The number of anilines is 2. The Bertz CT molecular complexity index is 730. The summed E-state index contributed by atoms with van der Waals surface area (Å²) in [5, 5.41) is 3.19. The van der Waals surface area contributed by atoms with Gasteiger partial charge in [-0.1, -0.05) is 6.07 Å². The van der Waals surface area contributed by atoms with E-state index in [0.29, 0.717) is 43.6 Å². The normalized spacial score (nSPS) is 14.3. The molecule has 0 atom stereocenters. The number of hydrogen-bond donors (Lipinski definition) is 1. The molecule has 2 heterocycles. The van der Waals surface area contributed by atoms with E-state index in [1.807, 2.05) is 25.1 Å². The number of rotatable bonds is 4. The number of aromatic nitrogens is 2. The summed E-state index contributed by atoms with van der Waals surface area (Å²) in [5.41, 5.74) is 2.25. The van der Waals surface area contributed by atoms with E-state index in [9.17, 15) is 4.79 Å². The lowest BCUT2D eigenvalue weighted by molar-refractivity contribution is 0.0299. The molecule has 0 aliphatic carbocycles. The van der Waals surface area contributed by atoms with Crippen LogP contribution in [0.15, 0.2) is 30.6 Å². The van der Waals surface area contributed by atoms with Crippen LogP contribution in [0.3, 0.4) is 0 Å². The van der Waals surface area contributed by atoms with Crippen molar-refractivity contribution in [3.05, 3.63) is 41.9 Å². The summed E-state index contributed by atoms with van der Waals surface area (Å²) >= 11 is 0. The Labute approximate surface area is 140 Å². The van der Waals surface area contributed by atoms with E-state index in [4.69, 9.17) is 9.47 Å². The first-order chi connectivity index (χ1) is 11.7. The molecule has 0 spiro atoms. The van der Waals surface area contributed by atoms with Crippen molar-refractivity contribution < 1.29 is 14.3 Å². The van der Waals surface area contributed by atoms with Gasteiger partial charge >= 0.3 is 0 Å². The predicted molar refractivity (Wildman–Crippen MR) is 89.8 cm³/mol. The van der Waals surface area contributed by atoms with Crippen molar-refractivity contribution in [2.24, 2.45) is 0 Å². The zero-order valence-corrected chi connectivity index (χ0v) is 13.8. The molecule has 1 aliphatic heterocycles. The SMILES string of the molecule is COc1ccc(C)cc1Nc1cc(C(=O)N2CCOCC2)ncn1. The number of morpholine rings is 1. The monoisotopic (exact) mass is 328 g/mol. The van der Waals surface area contributed by atoms with Crippen molar-refractivity contribution in [1.82, 2.24) is 14.9 Å². The van der Waals surface area contributed by atoms with E-state index in [1.54, 1.807) is 18.1 Å². The van der Waals surface area contributed by atoms with E-state index in [2.05, 4.69) is 15.3 Å². The molecule has 3 rings (SSSR count). The molecule has 0 bridgehead atoms. The van der Waals surface area contributed by atoms with Crippen molar-refractivity contribution in [1.29, 1.82) is 0 Å². The standard InChI is InChI=1S/C17H20N4O3/c1-12-3-4-15(23-2)13(9-12)20-16-10-14(18-11-19-16)17(22)21-5-7-24-8-6-21/h3-4,9-11H,5-8H2,1-2H3,(H,18,19,20). The van der Waals surface area contributed by atoms with E-state index in [-0.39, 0.29) is 5.91 Å². The number of ether oxygens (including phenoxy) is 2. The van der Waals surface area contributed by atoms with Gasteiger partial charge in [0.1, 0.15) is 23.6 Å². The number of nitrogens with zero attached hydrogens (tertiary/aromatic N) is 3. The number of amides is 1. The van der Waals surface area contributed by atoms with Crippen LogP contribution in [0.5, 0.6) is 5.75 Å². The Hall–Kier alpha value is -2.67. The molecule has 0 unspecified atom stereocenters. The number of methoxy groups -OCH3 is 1. The lowest BCUT2D eigenvalue weighted by Crippen LogP contribution is -2.41. The fourth-order valence-corrected chi connectivity index (χ4v) is 2.53. The number of benzene rings is 1. The van der Waals surface area contributed by atoms with E-state index in [0.717, 1.165) is 11.3 Å². The summed E-state index contributed by atoms with van der Waals surface area (Å²) in [4.78, 5) is 22.5. The molecule has 7 heteroatoms. The first-order valence-electron chi connectivity index (χ1n) is 7.78. The smallest absolute Gasteiger partial charge is 0.272 e. The van der Waals surface area contributed by atoms with Crippen LogP contribution in [0.1, 0.15) is 16.1 Å². The van der Waals surface area contributed by atoms with Crippen LogP contribution in [-0.2, 0) is 4.74 Å². The van der Waals surface area contributed by atoms with Gasteiger partial charge in [-0.15, -0.1) is 0 Å². The highest BCUT2D eigenvalue weighted by Crippen LogP contribution is 2.28. The Kier molecular flexibility index (Phi) is 4.90. The zero-order chi connectivity index (χ0) is 16.9. The van der Waals surface area contributed by atoms with Gasteiger partial charge in [0, 0.05) is 19.2 Å². The molecule has 1 saturated heterocycles. The number of carbonyl (C=O) groups excluding carboxylic acids is 1. The van der Waals surface area contributed by atoms with Crippen molar-refractivity contribution in [3.8, 4) is 5.75 Å². The Morgan fingerprint density at radius 1 is 1.25 bits per heavy atom. The second-order valence-corrected chi connectivity index (χ2v) is 5.52. The van der Waals surface area contributed by atoms with E-state index < -0.39 is 0 Å². The highest BCUT2D eigenvalue weighted by molar-refractivity contribution is 5.93. The molecule has 1 N–H and O–H groups in total. The number of aryl methyl sites for hydroxylation is 1. The van der Waals surface area contributed by atoms with E-state index in [1.165, 1.54) is 6.33 Å². The third-order valence-corrected chi connectivity index (χ3v) is 3.80. The largest absolute Gasteiger partial charge is 0.495 e. The number of hydrogen-bond acceptors (Lipinski definition) is 6. The fourth-order valence-electron chi connectivity index (χ4n) is 2.53. The van der Waals surface area contributed by atoms with Crippen LogP contribution in [0.25, 0.3) is 0 Å². The highest BCUT2D eigenvalue weighted by atomic mass is 16.5. The minimum Gasteiger partial charge on any atom is -0.495 e. The lowest BCUT2D eigenvalue weighted by atomic mass is 10.2. The molecule has 1 amide bonds. The summed E-state index contributed by atoms with van der Waals surface area (Å²) in [6, 6.07) is 7.47. The first-order valence-corrected chi connectivity index (χ1v) is 7.78. The van der Waals surface area contributed by atoms with E-state index >= 15 is 0 Å². The Morgan fingerprint density at radius 3 is 2.79 bits per heavy atom. The lowest BCUT2D eigenvalue weighted by Gasteiger charge is -2.26. The fraction of sp³-hybridized carbons (Fsp3) is 0.353. The summed E-state index contributed by atoms with van der Waals surface area (Å²) < 4.78 is 10.6. The van der Waals surface area contributed by atoms with Gasteiger partial charge in [-0.2, -0.15) is 0 Å². The molecule has 7 nitrogen and oxygen atoms in total. The molecular formula is C17H20N4O3. The van der Waals surface area contributed by atoms with Gasteiger partial charge in [0.2, 0.25) is 0 Å². The summed E-state index contributed by atoms with van der Waals surface area (Å²) in [7, 11) is 1.61. The van der Waals surface area contributed by atoms with Gasteiger partial charge in [-0.3, -0.25) is 4.79 Å². The molecule has 24 heavy (non-hydrogen) atoms. The maximum atomic E-state index is 12.5. The van der Waals surface area contributed by atoms with Gasteiger partial charge in [0.15, 0.2) is 0 Å². The maximum Gasteiger partial charge on any atom is 0.272 e. The number of nitrogens with one attached hydrogen (secondary N) is 1. The third-order valence-electron chi connectivity index (χ3n) is 3.80. The molecule has 1 aromatic carbocycles. The molecular weight excluding hydrogens is 308 g/mol. The zero-order valence-electron chi connectivity index (χ0n) is 13.8. The Balaban J connectivity index is 1.80. The van der Waals surface area contributed by atoms with Crippen molar-refractivity contribution in [3.63, 3.8) is 0 Å². The van der Waals surface area contributed by atoms with Gasteiger partial charge in [-0.25, -0.2) is 9.97 Å². The van der Waals surface area contributed by atoms with Crippen LogP contribution >= 0.6 is 0 Å². The number of carbonyl (C=O) groups is 1. The first kappa shape index (κ1) is 16.2. The average Bonchev–Trinajstić information content (AvgIpc) is 2.62. The molecule has 1 fully saturated rings. The van der Waals surface area contributed by atoms with Crippen molar-refractivity contribution >= 4 is 17.4 Å². The molecule has 0 saturated carbocycles. The van der Waals surface area contributed by atoms with Crippen LogP contribution in [0.4, 0.5) is 11.5 Å². The Morgan fingerprint density at radius 2 is 2.04 bits per heavy atom. The van der Waals surface area contributed by atoms with Gasteiger partial charge in [0.25, 0.3) is 5.91 Å². The maximum absolute atomic E-state index is 12.5. The topological polar surface area (TPSA) is 76.6 Å². The second kappa shape index (κ2) is 7.27. The van der Waals surface area contributed by atoms with Crippen LogP contribution in [0, 0.1) is 6.92 Å². The minimum absolute atomic E-state index is 0.111. The van der Waals surface area contributed by atoms with Crippen molar-refractivity contribution in [2.75, 3.05) is 38.7 Å². The summed E-state index contributed by atoms with van der Waals surface area (Å²) in [6.07, 6.45) is 1.39. The minimum atomic E-state index is -0.111. The van der Waals surface area contributed by atoms with Gasteiger partial charge < -0.3 is 19.7 Å². The summed E-state index contributed by atoms with van der Waals surface area (Å²) in [6.45, 7) is 4.28. The quantitative estimate of drug-likeness (QED) is 0.925. The molecule has 126 valence electrons. The average molecular weight is 328 g/mol. The van der Waals surface area contributed by atoms with Crippen LogP contribution < -0.4 is 10.1 Å². The van der Waals surface area contributed by atoms with Gasteiger partial charge in [-0.05, 0) is 24.6 Å². The van der Waals surface area contributed by atoms with Crippen molar-refractivity contribution in [2.45, 2.75) is 6.92 Å². The van der Waals surface area contributed by atoms with Crippen LogP contribution in [0.2, 0.25) is 0 Å². The second-order valence-electron chi connectivity index (χ2n) is 5.52. The molecule has 0 radical (unpaired) electrons. The van der Waals surface area contributed by atoms with Gasteiger partial charge in [0.05, 0.1) is 26.0 Å². The molecule has 2 aromatic rings.